The number of benzene rings is 2. The molecular weight excluding hydrogens is 362 g/mol. The van der Waals surface area contributed by atoms with Crippen molar-refractivity contribution in [1.82, 2.24) is 0 Å². The molecule has 132 valence electrons. The van der Waals surface area contributed by atoms with E-state index in [1.807, 2.05) is 30.3 Å². The van der Waals surface area contributed by atoms with Crippen LogP contribution in [0.1, 0.15) is 23.7 Å². The summed E-state index contributed by atoms with van der Waals surface area (Å²) in [5.41, 5.74) is 4.74. The monoisotopic (exact) mass is 379 g/mol. The van der Waals surface area contributed by atoms with Gasteiger partial charge < -0.3 is 9.47 Å². The van der Waals surface area contributed by atoms with Crippen LogP contribution in [0.5, 0.6) is 11.5 Å². The normalized spacial score (nSPS) is 16.2. The molecule has 0 fully saturated rings. The van der Waals surface area contributed by atoms with Gasteiger partial charge in [0.2, 0.25) is 10.0 Å². The Morgan fingerprint density at radius 2 is 2.12 bits per heavy atom. The summed E-state index contributed by atoms with van der Waals surface area (Å²) in [5.74, 6) is 1.19. The average molecular weight is 380 g/mol. The van der Waals surface area contributed by atoms with Crippen LogP contribution in [0.25, 0.3) is 11.1 Å². The van der Waals surface area contributed by atoms with E-state index in [0.717, 1.165) is 22.4 Å². The summed E-state index contributed by atoms with van der Waals surface area (Å²) in [7, 11) is -2.01. The summed E-state index contributed by atoms with van der Waals surface area (Å²) in [5, 5.41) is 5.17. The predicted octanol–water partition coefficient (Wildman–Crippen LogP) is 3.73. The molecule has 0 radical (unpaired) electrons. The largest absolute Gasteiger partial charge is 0.496 e. The smallest absolute Gasteiger partial charge is 0.213 e. The van der Waals surface area contributed by atoms with E-state index >= 15 is 0 Å². The van der Waals surface area contributed by atoms with Gasteiger partial charge in [0.25, 0.3) is 0 Å². The molecule has 2 N–H and O–H groups in total. The summed E-state index contributed by atoms with van der Waals surface area (Å²) in [6, 6.07) is 11.1. The highest BCUT2D eigenvalue weighted by molar-refractivity contribution is 7.88. The number of rotatable bonds is 5. The molecule has 0 aromatic heterocycles. The van der Waals surface area contributed by atoms with E-state index < -0.39 is 10.0 Å². The van der Waals surface area contributed by atoms with Gasteiger partial charge in [-0.15, -0.1) is 0 Å². The van der Waals surface area contributed by atoms with Crippen LogP contribution in [0, 0.1) is 0 Å². The van der Waals surface area contributed by atoms with Crippen LogP contribution < -0.4 is 14.6 Å². The Balaban J connectivity index is 2.15. The summed E-state index contributed by atoms with van der Waals surface area (Å²) >= 11 is 5.66. The maximum Gasteiger partial charge on any atom is 0.213 e. The molecule has 1 heterocycles. The third kappa shape index (κ3) is 3.81. The topological polar surface area (TPSA) is 78.6 Å². The van der Waals surface area contributed by atoms with Gasteiger partial charge in [0, 0.05) is 17.5 Å². The van der Waals surface area contributed by atoms with E-state index in [4.69, 9.17) is 26.2 Å². The Bertz CT molecular complexity index is 925. The molecule has 0 spiro atoms. The van der Waals surface area contributed by atoms with E-state index in [1.165, 1.54) is 5.54 Å². The van der Waals surface area contributed by atoms with Crippen LogP contribution in [0.4, 0.5) is 0 Å². The SMILES string of the molecule is COc1cccc2c1-c1ccc(CS(N)(=O)=O)cc1C(CC=CCl)O2. The minimum absolute atomic E-state index is 0.225. The molecule has 3 rings (SSSR count). The van der Waals surface area contributed by atoms with Gasteiger partial charge in [-0.2, -0.15) is 0 Å². The second-order valence-corrected chi connectivity index (χ2v) is 7.63. The molecule has 0 amide bonds. The van der Waals surface area contributed by atoms with E-state index in [9.17, 15) is 8.42 Å². The number of nitrogens with two attached hydrogens (primary N) is 1. The second kappa shape index (κ2) is 7.07. The molecule has 0 saturated carbocycles. The van der Waals surface area contributed by atoms with Crippen molar-refractivity contribution < 1.29 is 17.9 Å². The quantitative estimate of drug-likeness (QED) is 0.858. The molecule has 2 aromatic rings. The van der Waals surface area contributed by atoms with Gasteiger partial charge in [-0.3, -0.25) is 0 Å². The van der Waals surface area contributed by atoms with Crippen LogP contribution in [-0.2, 0) is 15.8 Å². The average Bonchev–Trinajstić information content (AvgIpc) is 2.57. The highest BCUT2D eigenvalue weighted by atomic mass is 35.5. The molecule has 5 nitrogen and oxygen atoms in total. The van der Waals surface area contributed by atoms with Crippen LogP contribution in [0.2, 0.25) is 0 Å². The molecule has 2 aromatic carbocycles. The Labute approximate surface area is 152 Å². The van der Waals surface area contributed by atoms with Crippen molar-refractivity contribution in [3.8, 4) is 22.6 Å². The molecule has 0 aliphatic carbocycles. The molecule has 7 heteroatoms. The number of fused-ring (bicyclic) bond motifs is 3. The number of hydrogen-bond donors (Lipinski definition) is 1. The van der Waals surface area contributed by atoms with Crippen LogP contribution >= 0.6 is 11.6 Å². The number of primary sulfonamides is 1. The first-order chi connectivity index (χ1) is 11.9. The minimum Gasteiger partial charge on any atom is -0.496 e. The van der Waals surface area contributed by atoms with E-state index in [1.54, 1.807) is 19.3 Å². The maximum atomic E-state index is 11.4. The fraction of sp³-hybridized carbons (Fsp3) is 0.222. The number of halogens is 1. The molecule has 0 bridgehead atoms. The lowest BCUT2D eigenvalue weighted by Gasteiger charge is -2.29. The molecule has 1 aliphatic rings. The molecule has 1 aliphatic heterocycles. The fourth-order valence-electron chi connectivity index (χ4n) is 3.04. The number of sulfonamides is 1. The summed E-state index contributed by atoms with van der Waals surface area (Å²) in [6.45, 7) is 0. The van der Waals surface area contributed by atoms with Crippen molar-refractivity contribution in [3.05, 3.63) is 59.1 Å². The zero-order valence-corrected chi connectivity index (χ0v) is 15.2. The van der Waals surface area contributed by atoms with Crippen molar-refractivity contribution in [2.24, 2.45) is 5.14 Å². The Morgan fingerprint density at radius 1 is 1.32 bits per heavy atom. The Morgan fingerprint density at radius 3 is 2.80 bits per heavy atom. The fourth-order valence-corrected chi connectivity index (χ4v) is 3.79. The van der Waals surface area contributed by atoms with Crippen LogP contribution in [-0.4, -0.2) is 15.5 Å². The van der Waals surface area contributed by atoms with Gasteiger partial charge in [-0.05, 0) is 23.3 Å². The third-order valence-corrected chi connectivity index (χ3v) is 4.93. The Hall–Kier alpha value is -2.02. The molecule has 25 heavy (non-hydrogen) atoms. The number of ether oxygens (including phenoxy) is 2. The van der Waals surface area contributed by atoms with Gasteiger partial charge in [0.05, 0.1) is 18.4 Å². The van der Waals surface area contributed by atoms with Crippen molar-refractivity contribution in [2.75, 3.05) is 7.11 Å². The standard InChI is InChI=1S/C18H18ClNO4S/c1-23-16-4-2-5-17-18(16)13-8-7-12(11-25(20,21)22)10-14(13)15(24-17)6-3-9-19/h2-5,7-10,15H,6,11H2,1H3,(H2,20,21,22). The van der Waals surface area contributed by atoms with Gasteiger partial charge >= 0.3 is 0 Å². The summed E-state index contributed by atoms with van der Waals surface area (Å²) in [4.78, 5) is 0. The lowest BCUT2D eigenvalue weighted by molar-refractivity contribution is 0.205. The second-order valence-electron chi connectivity index (χ2n) is 5.77. The highest BCUT2D eigenvalue weighted by Crippen LogP contribution is 2.48. The van der Waals surface area contributed by atoms with E-state index in [0.29, 0.717) is 17.7 Å². The highest BCUT2D eigenvalue weighted by Gasteiger charge is 2.28. The lowest BCUT2D eigenvalue weighted by atomic mass is 9.89. The minimum atomic E-state index is -3.61. The first kappa shape index (κ1) is 17.8. The zero-order chi connectivity index (χ0) is 18.0. The number of hydrogen-bond acceptors (Lipinski definition) is 4. The molecule has 0 saturated heterocycles. The van der Waals surface area contributed by atoms with Gasteiger partial charge in [0.1, 0.15) is 17.6 Å². The summed E-state index contributed by atoms with van der Waals surface area (Å²) in [6.07, 6.45) is 2.09. The van der Waals surface area contributed by atoms with E-state index in [2.05, 4.69) is 0 Å². The van der Waals surface area contributed by atoms with Gasteiger partial charge in [-0.1, -0.05) is 41.9 Å². The third-order valence-electron chi connectivity index (χ3n) is 4.02. The number of methoxy groups -OCH3 is 1. The van der Waals surface area contributed by atoms with Crippen LogP contribution in [0.3, 0.4) is 0 Å². The maximum absolute atomic E-state index is 11.4. The van der Waals surface area contributed by atoms with Gasteiger partial charge in [0.15, 0.2) is 0 Å². The molecular formula is C18H18ClNO4S. The Kier molecular flexibility index (Phi) is 5.03. The van der Waals surface area contributed by atoms with Crippen molar-refractivity contribution in [3.63, 3.8) is 0 Å². The molecule has 1 unspecified atom stereocenters. The van der Waals surface area contributed by atoms with Crippen LogP contribution in [0.15, 0.2) is 48.0 Å². The lowest BCUT2D eigenvalue weighted by Crippen LogP contribution is -2.17. The molecule has 1 atom stereocenters. The van der Waals surface area contributed by atoms with Gasteiger partial charge in [-0.25, -0.2) is 13.6 Å². The first-order valence-corrected chi connectivity index (χ1v) is 9.80. The first-order valence-electron chi connectivity index (χ1n) is 7.65. The zero-order valence-electron chi connectivity index (χ0n) is 13.6. The van der Waals surface area contributed by atoms with Crippen molar-refractivity contribution in [2.45, 2.75) is 18.3 Å². The predicted molar refractivity (Wildman–Crippen MR) is 98.2 cm³/mol. The van der Waals surface area contributed by atoms with E-state index in [-0.39, 0.29) is 11.9 Å². The summed E-state index contributed by atoms with van der Waals surface area (Å²) < 4.78 is 34.4. The van der Waals surface area contributed by atoms with Crippen molar-refractivity contribution in [1.29, 1.82) is 0 Å². The van der Waals surface area contributed by atoms with Crippen molar-refractivity contribution >= 4 is 21.6 Å².